The third kappa shape index (κ3) is 1.24. The topological polar surface area (TPSA) is 73.8 Å². The maximum Gasteiger partial charge on any atom is 0.265 e. The molecule has 1 rings (SSSR count). The van der Waals surface area contributed by atoms with Crippen LogP contribution in [0.15, 0.2) is 0 Å². The average Bonchev–Trinajstić information content (AvgIpc) is 2.34. The van der Waals surface area contributed by atoms with Crippen molar-refractivity contribution < 1.29 is 5.21 Å². The van der Waals surface area contributed by atoms with Crippen LogP contribution in [0.1, 0.15) is 25.6 Å². The molecule has 0 spiro atoms. The van der Waals surface area contributed by atoms with Gasteiger partial charge in [-0.15, -0.1) is 5.10 Å². The van der Waals surface area contributed by atoms with Gasteiger partial charge < -0.3 is 0 Å². The average molecular weight is 142 g/mol. The van der Waals surface area contributed by atoms with Crippen molar-refractivity contribution in [2.24, 2.45) is 0 Å². The zero-order chi connectivity index (χ0) is 7.56. The summed E-state index contributed by atoms with van der Waals surface area (Å²) in [6.45, 7) is 3.98. The first-order valence-corrected chi connectivity index (χ1v) is 3.06. The Morgan fingerprint density at radius 3 is 2.60 bits per heavy atom. The molecule has 1 heterocycles. The SMILES string of the molecule is CC(C)c1nc(NO)n[nH]1. The minimum absolute atomic E-state index is 0.212. The number of hydrogen-bond donors (Lipinski definition) is 3. The van der Waals surface area contributed by atoms with Gasteiger partial charge in [-0.3, -0.25) is 10.3 Å². The molecule has 5 nitrogen and oxygen atoms in total. The van der Waals surface area contributed by atoms with E-state index in [0.29, 0.717) is 5.92 Å². The second-order valence-corrected chi connectivity index (χ2v) is 2.31. The van der Waals surface area contributed by atoms with Crippen LogP contribution in [0.4, 0.5) is 5.95 Å². The molecule has 0 aliphatic carbocycles. The summed E-state index contributed by atoms with van der Waals surface area (Å²) in [5.41, 5.74) is 1.85. The fraction of sp³-hybridized carbons (Fsp3) is 0.600. The normalized spacial score (nSPS) is 10.4. The smallest absolute Gasteiger partial charge is 0.265 e. The van der Waals surface area contributed by atoms with E-state index in [1.807, 2.05) is 19.3 Å². The van der Waals surface area contributed by atoms with E-state index in [0.717, 1.165) is 5.82 Å². The van der Waals surface area contributed by atoms with Crippen LogP contribution in [-0.2, 0) is 0 Å². The highest BCUT2D eigenvalue weighted by atomic mass is 16.5. The molecule has 0 saturated heterocycles. The Morgan fingerprint density at radius 2 is 2.30 bits per heavy atom. The molecule has 5 heteroatoms. The molecule has 0 bridgehead atoms. The van der Waals surface area contributed by atoms with Crippen LogP contribution in [0.3, 0.4) is 0 Å². The standard InChI is InChI=1S/C5H10N4O/c1-3(2)4-6-5(9-10)8-7-4/h3,10H,1-2H3,(H2,6,7,8,9). The molecule has 0 saturated carbocycles. The number of aromatic nitrogens is 3. The predicted molar refractivity (Wildman–Crippen MR) is 35.9 cm³/mol. The van der Waals surface area contributed by atoms with Gasteiger partial charge in [0.1, 0.15) is 5.82 Å². The minimum atomic E-state index is 0.212. The molecule has 0 aliphatic heterocycles. The van der Waals surface area contributed by atoms with Gasteiger partial charge in [-0.1, -0.05) is 13.8 Å². The second kappa shape index (κ2) is 2.66. The molecule has 56 valence electrons. The quantitative estimate of drug-likeness (QED) is 0.532. The molecule has 0 amide bonds. The molecule has 0 atom stereocenters. The Bertz CT molecular complexity index is 207. The minimum Gasteiger partial charge on any atom is -0.288 e. The third-order valence-corrected chi connectivity index (χ3v) is 1.15. The number of H-pyrrole nitrogens is 1. The zero-order valence-corrected chi connectivity index (χ0v) is 5.92. The number of rotatable bonds is 2. The summed E-state index contributed by atoms with van der Waals surface area (Å²) in [6, 6.07) is 0. The van der Waals surface area contributed by atoms with Gasteiger partial charge in [0.2, 0.25) is 0 Å². The molecule has 3 N–H and O–H groups in total. The number of aromatic amines is 1. The van der Waals surface area contributed by atoms with E-state index in [-0.39, 0.29) is 5.95 Å². The van der Waals surface area contributed by atoms with Crippen molar-refractivity contribution in [3.63, 3.8) is 0 Å². The van der Waals surface area contributed by atoms with Gasteiger partial charge >= 0.3 is 0 Å². The molecule has 0 fully saturated rings. The third-order valence-electron chi connectivity index (χ3n) is 1.15. The summed E-state index contributed by atoms with van der Waals surface area (Å²) in [7, 11) is 0. The molecule has 0 radical (unpaired) electrons. The number of hydrogen-bond acceptors (Lipinski definition) is 4. The van der Waals surface area contributed by atoms with Crippen LogP contribution < -0.4 is 5.48 Å². The summed E-state index contributed by atoms with van der Waals surface area (Å²) in [5, 5.41) is 14.7. The second-order valence-electron chi connectivity index (χ2n) is 2.31. The maximum absolute atomic E-state index is 8.34. The van der Waals surface area contributed by atoms with Gasteiger partial charge in [-0.05, 0) is 0 Å². The molecule has 0 unspecified atom stereocenters. The lowest BCUT2D eigenvalue weighted by Gasteiger charge is -1.94. The Kier molecular flexibility index (Phi) is 1.86. The molecule has 10 heavy (non-hydrogen) atoms. The van der Waals surface area contributed by atoms with Crippen molar-refractivity contribution in [2.75, 3.05) is 5.48 Å². The number of anilines is 1. The van der Waals surface area contributed by atoms with E-state index in [4.69, 9.17) is 5.21 Å². The molecular formula is C5H10N4O. The van der Waals surface area contributed by atoms with Crippen LogP contribution in [0.5, 0.6) is 0 Å². The molecule has 1 aromatic rings. The largest absolute Gasteiger partial charge is 0.288 e. The van der Waals surface area contributed by atoms with Gasteiger partial charge in [0.25, 0.3) is 5.95 Å². The van der Waals surface area contributed by atoms with Crippen LogP contribution in [-0.4, -0.2) is 20.4 Å². The molecule has 1 aromatic heterocycles. The van der Waals surface area contributed by atoms with Gasteiger partial charge in [0.15, 0.2) is 0 Å². The van der Waals surface area contributed by atoms with Gasteiger partial charge in [0, 0.05) is 5.92 Å². The Hall–Kier alpha value is -1.10. The van der Waals surface area contributed by atoms with E-state index in [2.05, 4.69) is 15.2 Å². The van der Waals surface area contributed by atoms with E-state index in [1.165, 1.54) is 0 Å². The predicted octanol–water partition coefficient (Wildman–Crippen LogP) is 0.729. The van der Waals surface area contributed by atoms with Crippen LogP contribution in [0, 0.1) is 0 Å². The van der Waals surface area contributed by atoms with Crippen molar-refractivity contribution in [1.82, 2.24) is 15.2 Å². The Labute approximate surface area is 58.4 Å². The Balaban J connectivity index is 2.78. The van der Waals surface area contributed by atoms with E-state index in [9.17, 15) is 0 Å². The lowest BCUT2D eigenvalue weighted by molar-refractivity contribution is 0.383. The molecule has 0 aliphatic rings. The van der Waals surface area contributed by atoms with Crippen LogP contribution >= 0.6 is 0 Å². The Morgan fingerprint density at radius 1 is 1.60 bits per heavy atom. The summed E-state index contributed by atoms with van der Waals surface area (Å²) < 4.78 is 0. The number of nitrogens with zero attached hydrogens (tertiary/aromatic N) is 2. The fourth-order valence-electron chi connectivity index (χ4n) is 0.583. The van der Waals surface area contributed by atoms with Crippen LogP contribution in [0.2, 0.25) is 0 Å². The first-order chi connectivity index (χ1) is 4.74. The van der Waals surface area contributed by atoms with Crippen molar-refractivity contribution in [3.8, 4) is 0 Å². The van der Waals surface area contributed by atoms with E-state index < -0.39 is 0 Å². The highest BCUT2D eigenvalue weighted by Crippen LogP contribution is 2.08. The lowest BCUT2D eigenvalue weighted by Crippen LogP contribution is -1.92. The summed E-state index contributed by atoms with van der Waals surface area (Å²) in [6.07, 6.45) is 0. The highest BCUT2D eigenvalue weighted by Gasteiger charge is 2.04. The first-order valence-electron chi connectivity index (χ1n) is 3.06. The maximum atomic E-state index is 8.34. The van der Waals surface area contributed by atoms with Crippen molar-refractivity contribution >= 4 is 5.95 Å². The fourth-order valence-corrected chi connectivity index (χ4v) is 0.583. The summed E-state index contributed by atoms with van der Waals surface area (Å²) >= 11 is 0. The summed E-state index contributed by atoms with van der Waals surface area (Å²) in [5.74, 6) is 1.27. The zero-order valence-electron chi connectivity index (χ0n) is 5.92. The van der Waals surface area contributed by atoms with Crippen molar-refractivity contribution in [3.05, 3.63) is 5.82 Å². The molecule has 0 aromatic carbocycles. The highest BCUT2D eigenvalue weighted by molar-refractivity contribution is 5.18. The van der Waals surface area contributed by atoms with Gasteiger partial charge in [-0.2, -0.15) is 4.98 Å². The van der Waals surface area contributed by atoms with Gasteiger partial charge in [0.05, 0.1) is 0 Å². The van der Waals surface area contributed by atoms with Crippen molar-refractivity contribution in [2.45, 2.75) is 19.8 Å². The lowest BCUT2D eigenvalue weighted by atomic mass is 10.2. The molecular weight excluding hydrogens is 132 g/mol. The van der Waals surface area contributed by atoms with Crippen molar-refractivity contribution in [1.29, 1.82) is 0 Å². The van der Waals surface area contributed by atoms with Gasteiger partial charge in [-0.25, -0.2) is 5.48 Å². The summed E-state index contributed by atoms with van der Waals surface area (Å²) in [4.78, 5) is 3.90. The van der Waals surface area contributed by atoms with Crippen LogP contribution in [0.25, 0.3) is 0 Å². The first kappa shape index (κ1) is 7.01. The monoisotopic (exact) mass is 142 g/mol. The van der Waals surface area contributed by atoms with E-state index >= 15 is 0 Å². The van der Waals surface area contributed by atoms with E-state index in [1.54, 1.807) is 0 Å². The number of nitrogens with one attached hydrogen (secondary N) is 2.